The van der Waals surface area contributed by atoms with Gasteiger partial charge in [0.15, 0.2) is 5.82 Å². The molecule has 0 fully saturated rings. The summed E-state index contributed by atoms with van der Waals surface area (Å²) in [6, 6.07) is 5.90. The van der Waals surface area contributed by atoms with E-state index in [0.717, 1.165) is 36.5 Å². The van der Waals surface area contributed by atoms with Crippen molar-refractivity contribution in [2.75, 3.05) is 18.2 Å². The van der Waals surface area contributed by atoms with Gasteiger partial charge in [-0.3, -0.25) is 4.98 Å². The molecule has 0 saturated carbocycles. The maximum Gasteiger partial charge on any atom is 0.180 e. The highest BCUT2D eigenvalue weighted by atomic mass is 32.2. The molecular weight excluding hydrogens is 308 g/mol. The zero-order valence-corrected chi connectivity index (χ0v) is 14.3. The summed E-state index contributed by atoms with van der Waals surface area (Å²) in [6.07, 6.45) is 6.90. The Morgan fingerprint density at radius 3 is 2.87 bits per heavy atom. The summed E-state index contributed by atoms with van der Waals surface area (Å²) in [7, 11) is 0. The van der Waals surface area contributed by atoms with Gasteiger partial charge in [-0.05, 0) is 44.6 Å². The Bertz CT molecular complexity index is 661. The average molecular weight is 330 g/mol. The third-order valence-electron chi connectivity index (χ3n) is 4.23. The Balaban J connectivity index is 1.94. The van der Waals surface area contributed by atoms with Crippen LogP contribution < -0.4 is 5.32 Å². The molecule has 2 aromatic rings. The number of pyridine rings is 1. The number of hydrogen-bond donors (Lipinski definition) is 2. The predicted molar refractivity (Wildman–Crippen MR) is 94.8 cm³/mol. The Morgan fingerprint density at radius 1 is 1.30 bits per heavy atom. The smallest absolute Gasteiger partial charge is 0.180 e. The molecule has 1 aliphatic rings. The van der Waals surface area contributed by atoms with Gasteiger partial charge in [-0.15, -0.1) is 0 Å². The third-order valence-corrected chi connectivity index (χ3v) is 5.39. The minimum Gasteiger partial charge on any atom is -0.395 e. The Kier molecular flexibility index (Phi) is 5.13. The number of rotatable bonds is 6. The fourth-order valence-corrected chi connectivity index (χ4v) is 3.53. The van der Waals surface area contributed by atoms with E-state index in [1.165, 1.54) is 5.56 Å². The van der Waals surface area contributed by atoms with Crippen LogP contribution in [0, 0.1) is 0 Å². The van der Waals surface area contributed by atoms with Crippen molar-refractivity contribution < 1.29 is 5.11 Å². The van der Waals surface area contributed by atoms with Crippen molar-refractivity contribution in [1.82, 2.24) is 15.0 Å². The van der Waals surface area contributed by atoms with E-state index in [2.05, 4.69) is 17.2 Å². The number of fused-ring (bicyclic) bond motifs is 1. The molecule has 0 unspecified atom stereocenters. The number of aliphatic hydroxyl groups excluding tert-OH is 1. The van der Waals surface area contributed by atoms with Crippen molar-refractivity contribution in [2.24, 2.45) is 0 Å². The summed E-state index contributed by atoms with van der Waals surface area (Å²) in [5, 5.41) is 13.1. The van der Waals surface area contributed by atoms with Gasteiger partial charge >= 0.3 is 0 Å². The summed E-state index contributed by atoms with van der Waals surface area (Å²) in [6.45, 7) is 2.23. The summed E-state index contributed by atoms with van der Waals surface area (Å²) in [5.74, 6) is 1.57. The number of anilines is 1. The fourth-order valence-electron chi connectivity index (χ4n) is 2.91. The first-order chi connectivity index (χ1) is 11.2. The summed E-state index contributed by atoms with van der Waals surface area (Å²) in [4.78, 5) is 13.8. The minimum atomic E-state index is 0.131. The lowest BCUT2D eigenvalue weighted by atomic mass is 10.2. The van der Waals surface area contributed by atoms with E-state index in [-0.39, 0.29) is 17.9 Å². The number of aliphatic hydroxyl groups is 1. The summed E-state index contributed by atoms with van der Waals surface area (Å²) in [5.41, 5.74) is 3.14. The zero-order valence-electron chi connectivity index (χ0n) is 13.5. The number of aryl methyl sites for hydroxylation is 1. The second kappa shape index (κ2) is 7.27. The van der Waals surface area contributed by atoms with Crippen LogP contribution in [0.4, 0.5) is 5.82 Å². The molecule has 0 saturated heterocycles. The number of nitrogens with one attached hydrogen (secondary N) is 1. The standard InChI is InChI=1S/C17H22N4OS/c1-11(15(10-22)23-2)19-16-12-6-5-8-13(12)20-17(21-16)14-7-3-4-9-18-14/h3-4,7,9,11,15,22H,5-6,8,10H2,1-2H3,(H,19,20,21)/t11-,15-/m0/s1. The maximum absolute atomic E-state index is 9.50. The number of nitrogens with zero attached hydrogens (tertiary/aromatic N) is 3. The van der Waals surface area contributed by atoms with Crippen molar-refractivity contribution in [3.05, 3.63) is 35.7 Å². The van der Waals surface area contributed by atoms with Gasteiger partial charge in [0.2, 0.25) is 0 Å². The SMILES string of the molecule is CS[C@@H](CO)[C@H](C)Nc1nc(-c2ccccn2)nc2c1CCC2. The van der Waals surface area contributed by atoms with Crippen molar-refractivity contribution >= 4 is 17.6 Å². The van der Waals surface area contributed by atoms with E-state index in [0.29, 0.717) is 5.82 Å². The Hall–Kier alpha value is -1.66. The first-order valence-corrected chi connectivity index (χ1v) is 9.23. The molecule has 23 heavy (non-hydrogen) atoms. The van der Waals surface area contributed by atoms with E-state index in [1.54, 1.807) is 18.0 Å². The van der Waals surface area contributed by atoms with E-state index in [1.807, 2.05) is 24.5 Å². The molecule has 0 spiro atoms. The van der Waals surface area contributed by atoms with Gasteiger partial charge in [0.1, 0.15) is 11.5 Å². The van der Waals surface area contributed by atoms with Crippen LogP contribution in [0.15, 0.2) is 24.4 Å². The van der Waals surface area contributed by atoms with E-state index in [4.69, 9.17) is 9.97 Å². The molecule has 122 valence electrons. The van der Waals surface area contributed by atoms with Gasteiger partial charge in [0.05, 0.1) is 6.61 Å². The van der Waals surface area contributed by atoms with E-state index in [9.17, 15) is 5.11 Å². The predicted octanol–water partition coefficient (Wildman–Crippen LogP) is 2.55. The normalized spacial score (nSPS) is 16.0. The second-order valence-electron chi connectivity index (χ2n) is 5.78. The number of hydrogen-bond acceptors (Lipinski definition) is 6. The average Bonchev–Trinajstić information content (AvgIpc) is 3.05. The molecule has 1 aliphatic carbocycles. The third kappa shape index (κ3) is 3.48. The lowest BCUT2D eigenvalue weighted by molar-refractivity contribution is 0.288. The van der Waals surface area contributed by atoms with Crippen LogP contribution in [-0.2, 0) is 12.8 Å². The molecular formula is C17H22N4OS. The van der Waals surface area contributed by atoms with Crippen LogP contribution in [0.2, 0.25) is 0 Å². The fraction of sp³-hybridized carbons (Fsp3) is 0.471. The molecule has 2 N–H and O–H groups in total. The molecule has 2 atom stereocenters. The molecule has 0 aliphatic heterocycles. The van der Waals surface area contributed by atoms with Crippen LogP contribution in [0.5, 0.6) is 0 Å². The largest absolute Gasteiger partial charge is 0.395 e. The lowest BCUT2D eigenvalue weighted by Gasteiger charge is -2.23. The molecule has 6 heteroatoms. The van der Waals surface area contributed by atoms with Gasteiger partial charge in [-0.1, -0.05) is 6.07 Å². The molecule has 3 rings (SSSR count). The first-order valence-electron chi connectivity index (χ1n) is 7.94. The highest BCUT2D eigenvalue weighted by molar-refractivity contribution is 7.99. The zero-order chi connectivity index (χ0) is 16.2. The summed E-state index contributed by atoms with van der Waals surface area (Å²) < 4.78 is 0. The van der Waals surface area contributed by atoms with Crippen molar-refractivity contribution in [3.8, 4) is 11.5 Å². The van der Waals surface area contributed by atoms with Gasteiger partial charge in [-0.25, -0.2) is 9.97 Å². The first kappa shape index (κ1) is 16.2. The van der Waals surface area contributed by atoms with Crippen LogP contribution in [0.1, 0.15) is 24.6 Å². The van der Waals surface area contributed by atoms with Crippen molar-refractivity contribution in [2.45, 2.75) is 37.5 Å². The van der Waals surface area contributed by atoms with Crippen molar-refractivity contribution in [3.63, 3.8) is 0 Å². The molecule has 2 heterocycles. The van der Waals surface area contributed by atoms with Crippen LogP contribution in [0.25, 0.3) is 11.5 Å². The monoisotopic (exact) mass is 330 g/mol. The van der Waals surface area contributed by atoms with Crippen LogP contribution >= 0.6 is 11.8 Å². The van der Waals surface area contributed by atoms with Gasteiger partial charge in [-0.2, -0.15) is 11.8 Å². The van der Waals surface area contributed by atoms with Gasteiger partial charge < -0.3 is 10.4 Å². The van der Waals surface area contributed by atoms with E-state index < -0.39 is 0 Å². The highest BCUT2D eigenvalue weighted by Crippen LogP contribution is 2.29. The minimum absolute atomic E-state index is 0.131. The van der Waals surface area contributed by atoms with Gasteiger partial charge in [0, 0.05) is 28.7 Å². The number of aromatic nitrogens is 3. The Morgan fingerprint density at radius 2 is 2.17 bits per heavy atom. The van der Waals surface area contributed by atoms with E-state index >= 15 is 0 Å². The molecule has 0 bridgehead atoms. The number of thioether (sulfide) groups is 1. The lowest BCUT2D eigenvalue weighted by Crippen LogP contribution is -2.31. The molecule has 0 amide bonds. The summed E-state index contributed by atoms with van der Waals surface area (Å²) >= 11 is 1.66. The maximum atomic E-state index is 9.50. The Labute approximate surface area is 141 Å². The molecule has 0 radical (unpaired) electrons. The van der Waals surface area contributed by atoms with Crippen LogP contribution in [-0.4, -0.2) is 44.2 Å². The molecule has 2 aromatic heterocycles. The molecule has 0 aromatic carbocycles. The van der Waals surface area contributed by atoms with Crippen LogP contribution in [0.3, 0.4) is 0 Å². The van der Waals surface area contributed by atoms with Gasteiger partial charge in [0.25, 0.3) is 0 Å². The second-order valence-corrected chi connectivity index (χ2v) is 6.86. The van der Waals surface area contributed by atoms with Crippen molar-refractivity contribution in [1.29, 1.82) is 0 Å². The quantitative estimate of drug-likeness (QED) is 0.848. The topological polar surface area (TPSA) is 70.9 Å². The highest BCUT2D eigenvalue weighted by Gasteiger charge is 2.23. The molecule has 5 nitrogen and oxygen atoms in total.